The summed E-state index contributed by atoms with van der Waals surface area (Å²) in [6, 6.07) is 10.4. The van der Waals surface area contributed by atoms with E-state index in [0.29, 0.717) is 43.1 Å². The molecular formula is C19H20N4O3. The standard InChI is InChI=1S/C19H20N4O3/c1-14(25)15-3-2-4-16(11-15)21-19(26)18-12-17(5-6-20-18)23-9-7-22(13-24)8-10-23/h2-6,11-13H,7-10H2,1H3,(H,21,26). The van der Waals surface area contributed by atoms with Crippen LogP contribution in [-0.2, 0) is 4.79 Å². The molecule has 2 heterocycles. The number of pyridine rings is 1. The maximum Gasteiger partial charge on any atom is 0.274 e. The van der Waals surface area contributed by atoms with Crippen molar-refractivity contribution in [3.05, 3.63) is 53.9 Å². The Morgan fingerprint density at radius 1 is 1.12 bits per heavy atom. The number of aromatic nitrogens is 1. The molecule has 1 saturated heterocycles. The maximum atomic E-state index is 12.5. The zero-order chi connectivity index (χ0) is 18.5. The molecule has 0 bridgehead atoms. The largest absolute Gasteiger partial charge is 0.368 e. The Labute approximate surface area is 151 Å². The summed E-state index contributed by atoms with van der Waals surface area (Å²) in [4.78, 5) is 42.8. The van der Waals surface area contributed by atoms with Gasteiger partial charge in [-0.15, -0.1) is 0 Å². The number of nitrogens with one attached hydrogen (secondary N) is 1. The molecule has 3 rings (SSSR count). The van der Waals surface area contributed by atoms with E-state index >= 15 is 0 Å². The number of nitrogens with zero attached hydrogens (tertiary/aromatic N) is 3. The van der Waals surface area contributed by atoms with E-state index in [0.717, 1.165) is 12.1 Å². The van der Waals surface area contributed by atoms with E-state index in [1.165, 1.54) is 6.92 Å². The third-order valence-electron chi connectivity index (χ3n) is 4.33. The van der Waals surface area contributed by atoms with Crippen LogP contribution in [0, 0.1) is 0 Å². The minimum atomic E-state index is -0.334. The van der Waals surface area contributed by atoms with E-state index in [-0.39, 0.29) is 11.7 Å². The van der Waals surface area contributed by atoms with Crippen LogP contribution in [0.4, 0.5) is 11.4 Å². The number of carbonyl (C=O) groups excluding carboxylic acids is 3. The van der Waals surface area contributed by atoms with Crippen molar-refractivity contribution in [1.82, 2.24) is 9.88 Å². The summed E-state index contributed by atoms with van der Waals surface area (Å²) >= 11 is 0. The summed E-state index contributed by atoms with van der Waals surface area (Å²) in [6.45, 7) is 4.22. The first-order chi connectivity index (χ1) is 12.6. The minimum absolute atomic E-state index is 0.0595. The van der Waals surface area contributed by atoms with Crippen LogP contribution in [0.5, 0.6) is 0 Å². The molecule has 0 atom stereocenters. The number of ketones is 1. The second-order valence-corrected chi connectivity index (χ2v) is 6.12. The third-order valence-corrected chi connectivity index (χ3v) is 4.33. The number of carbonyl (C=O) groups is 3. The first-order valence-corrected chi connectivity index (χ1v) is 8.39. The van der Waals surface area contributed by atoms with Gasteiger partial charge in [0.1, 0.15) is 5.69 Å². The predicted molar refractivity (Wildman–Crippen MR) is 98.5 cm³/mol. The first kappa shape index (κ1) is 17.6. The highest BCUT2D eigenvalue weighted by atomic mass is 16.2. The van der Waals surface area contributed by atoms with E-state index in [1.807, 2.05) is 6.07 Å². The van der Waals surface area contributed by atoms with Gasteiger partial charge in [0.15, 0.2) is 5.78 Å². The lowest BCUT2D eigenvalue weighted by Crippen LogP contribution is -2.45. The lowest BCUT2D eigenvalue weighted by atomic mass is 10.1. The van der Waals surface area contributed by atoms with Gasteiger partial charge in [0.2, 0.25) is 6.41 Å². The molecule has 2 amide bonds. The monoisotopic (exact) mass is 352 g/mol. The molecule has 1 aromatic heterocycles. The molecule has 1 N–H and O–H groups in total. The number of anilines is 2. The number of hydrogen-bond acceptors (Lipinski definition) is 5. The average Bonchev–Trinajstić information content (AvgIpc) is 2.68. The molecule has 2 aromatic rings. The fraction of sp³-hybridized carbons (Fsp3) is 0.263. The van der Waals surface area contributed by atoms with Crippen molar-refractivity contribution in [2.75, 3.05) is 36.4 Å². The van der Waals surface area contributed by atoms with Crippen molar-refractivity contribution in [2.45, 2.75) is 6.92 Å². The molecule has 0 radical (unpaired) electrons. The Bertz CT molecular complexity index is 829. The number of piperazine rings is 1. The van der Waals surface area contributed by atoms with Gasteiger partial charge in [0.25, 0.3) is 5.91 Å². The zero-order valence-corrected chi connectivity index (χ0v) is 14.5. The number of benzene rings is 1. The highest BCUT2D eigenvalue weighted by molar-refractivity contribution is 6.04. The number of rotatable bonds is 5. The van der Waals surface area contributed by atoms with Crippen LogP contribution < -0.4 is 10.2 Å². The summed E-state index contributed by atoms with van der Waals surface area (Å²) in [6.07, 6.45) is 2.46. The molecular weight excluding hydrogens is 332 g/mol. The molecule has 1 aromatic carbocycles. The topological polar surface area (TPSA) is 82.6 Å². The van der Waals surface area contributed by atoms with Gasteiger partial charge in [0.05, 0.1) is 0 Å². The van der Waals surface area contributed by atoms with E-state index in [9.17, 15) is 14.4 Å². The molecule has 26 heavy (non-hydrogen) atoms. The van der Waals surface area contributed by atoms with Crippen molar-refractivity contribution >= 4 is 29.5 Å². The molecule has 7 heteroatoms. The van der Waals surface area contributed by atoms with Gasteiger partial charge in [-0.1, -0.05) is 12.1 Å². The number of amides is 2. The Hall–Kier alpha value is -3.22. The summed E-state index contributed by atoms with van der Waals surface area (Å²) in [5.41, 5.74) is 2.29. The average molecular weight is 352 g/mol. The Morgan fingerprint density at radius 3 is 2.58 bits per heavy atom. The van der Waals surface area contributed by atoms with Crippen LogP contribution in [0.2, 0.25) is 0 Å². The van der Waals surface area contributed by atoms with Crippen LogP contribution >= 0.6 is 0 Å². The molecule has 134 valence electrons. The first-order valence-electron chi connectivity index (χ1n) is 8.39. The lowest BCUT2D eigenvalue weighted by Gasteiger charge is -2.34. The van der Waals surface area contributed by atoms with Crippen LogP contribution in [0.25, 0.3) is 0 Å². The van der Waals surface area contributed by atoms with Crippen molar-refractivity contribution in [2.24, 2.45) is 0 Å². The molecule has 1 aliphatic heterocycles. The van der Waals surface area contributed by atoms with Crippen molar-refractivity contribution < 1.29 is 14.4 Å². The lowest BCUT2D eigenvalue weighted by molar-refractivity contribution is -0.118. The summed E-state index contributed by atoms with van der Waals surface area (Å²) in [5, 5.41) is 2.77. The van der Waals surface area contributed by atoms with Gasteiger partial charge in [-0.05, 0) is 31.2 Å². The summed E-state index contributed by atoms with van der Waals surface area (Å²) in [5.74, 6) is -0.394. The highest BCUT2D eigenvalue weighted by Crippen LogP contribution is 2.18. The van der Waals surface area contributed by atoms with E-state index < -0.39 is 0 Å². The fourth-order valence-electron chi connectivity index (χ4n) is 2.84. The zero-order valence-electron chi connectivity index (χ0n) is 14.5. The number of hydrogen-bond donors (Lipinski definition) is 1. The molecule has 0 spiro atoms. The normalized spacial score (nSPS) is 14.0. The van der Waals surface area contributed by atoms with Crippen LogP contribution in [0.1, 0.15) is 27.8 Å². The predicted octanol–water partition coefficient (Wildman–Crippen LogP) is 1.81. The van der Waals surface area contributed by atoms with Crippen LogP contribution in [0.15, 0.2) is 42.6 Å². The van der Waals surface area contributed by atoms with Crippen LogP contribution in [0.3, 0.4) is 0 Å². The minimum Gasteiger partial charge on any atom is -0.368 e. The maximum absolute atomic E-state index is 12.5. The SMILES string of the molecule is CC(=O)c1cccc(NC(=O)c2cc(N3CCN(C=O)CC3)ccn2)c1. The molecule has 0 saturated carbocycles. The Morgan fingerprint density at radius 2 is 1.88 bits per heavy atom. The molecule has 7 nitrogen and oxygen atoms in total. The van der Waals surface area contributed by atoms with Gasteiger partial charge in [-0.2, -0.15) is 0 Å². The van der Waals surface area contributed by atoms with Gasteiger partial charge in [-0.3, -0.25) is 19.4 Å². The molecule has 0 aliphatic carbocycles. The highest BCUT2D eigenvalue weighted by Gasteiger charge is 2.17. The van der Waals surface area contributed by atoms with Gasteiger partial charge >= 0.3 is 0 Å². The second-order valence-electron chi connectivity index (χ2n) is 6.12. The third kappa shape index (κ3) is 4.05. The Balaban J connectivity index is 1.71. The van der Waals surface area contributed by atoms with Crippen LogP contribution in [-0.4, -0.2) is 54.2 Å². The van der Waals surface area contributed by atoms with Crippen molar-refractivity contribution in [3.63, 3.8) is 0 Å². The molecule has 1 aliphatic rings. The van der Waals surface area contributed by atoms with E-state index in [2.05, 4.69) is 15.2 Å². The summed E-state index contributed by atoms with van der Waals surface area (Å²) < 4.78 is 0. The quantitative estimate of drug-likeness (QED) is 0.656. The van der Waals surface area contributed by atoms with Gasteiger partial charge in [0, 0.05) is 49.3 Å². The van der Waals surface area contributed by atoms with Gasteiger partial charge < -0.3 is 15.1 Å². The van der Waals surface area contributed by atoms with E-state index in [1.54, 1.807) is 41.4 Å². The smallest absolute Gasteiger partial charge is 0.274 e. The van der Waals surface area contributed by atoms with Gasteiger partial charge in [-0.25, -0.2) is 0 Å². The van der Waals surface area contributed by atoms with Crippen molar-refractivity contribution in [1.29, 1.82) is 0 Å². The van der Waals surface area contributed by atoms with E-state index in [4.69, 9.17) is 0 Å². The molecule has 0 unspecified atom stereocenters. The summed E-state index contributed by atoms with van der Waals surface area (Å²) in [7, 11) is 0. The Kier molecular flexibility index (Phi) is 5.26. The second kappa shape index (κ2) is 7.77. The van der Waals surface area contributed by atoms with Crippen molar-refractivity contribution in [3.8, 4) is 0 Å². The molecule has 1 fully saturated rings. The number of Topliss-reactive ketones (excluding diaryl/α,β-unsaturated/α-hetero) is 1. The fourth-order valence-corrected chi connectivity index (χ4v) is 2.84.